The normalized spacial score (nSPS) is 11.7. The van der Waals surface area contributed by atoms with Gasteiger partial charge in [-0.3, -0.25) is 9.48 Å². The summed E-state index contributed by atoms with van der Waals surface area (Å²) in [4.78, 5) is 23.0. The molecule has 2 N–H and O–H groups in total. The molecule has 1 amide bonds. The van der Waals surface area contributed by atoms with E-state index in [9.17, 15) is 14.7 Å². The van der Waals surface area contributed by atoms with E-state index >= 15 is 0 Å². The summed E-state index contributed by atoms with van der Waals surface area (Å²) < 4.78 is 1.62. The van der Waals surface area contributed by atoms with Gasteiger partial charge in [0.1, 0.15) is 5.54 Å². The van der Waals surface area contributed by atoms with Gasteiger partial charge in [0.2, 0.25) is 5.91 Å². The minimum Gasteiger partial charge on any atom is -0.480 e. The SMILES string of the molecule is CCC(CC)(NC(=O)C=Cc1ccnn1C)C(=O)O. The lowest BCUT2D eigenvalue weighted by Crippen LogP contribution is -2.53. The molecular formula is C13H19N3O3. The predicted molar refractivity (Wildman–Crippen MR) is 71.3 cm³/mol. The number of rotatable bonds is 6. The minimum absolute atomic E-state index is 0.337. The van der Waals surface area contributed by atoms with Crippen LogP contribution in [0, 0.1) is 0 Å². The zero-order chi connectivity index (χ0) is 14.5. The molecule has 0 aromatic carbocycles. The molecule has 0 unspecified atom stereocenters. The van der Waals surface area contributed by atoms with Crippen LogP contribution < -0.4 is 5.32 Å². The Hall–Kier alpha value is -2.11. The monoisotopic (exact) mass is 265 g/mol. The summed E-state index contributed by atoms with van der Waals surface area (Å²) in [6, 6.07) is 1.76. The molecular weight excluding hydrogens is 246 g/mol. The van der Waals surface area contributed by atoms with Crippen molar-refractivity contribution < 1.29 is 14.7 Å². The second-order valence-electron chi connectivity index (χ2n) is 4.30. The summed E-state index contributed by atoms with van der Waals surface area (Å²) in [7, 11) is 1.76. The second-order valence-corrected chi connectivity index (χ2v) is 4.30. The molecule has 1 aromatic heterocycles. The summed E-state index contributed by atoms with van der Waals surface area (Å²) in [5.41, 5.74) is -0.433. The molecule has 6 heteroatoms. The molecule has 0 spiro atoms. The molecule has 19 heavy (non-hydrogen) atoms. The van der Waals surface area contributed by atoms with Crippen molar-refractivity contribution >= 4 is 18.0 Å². The average molecular weight is 265 g/mol. The van der Waals surface area contributed by atoms with Crippen molar-refractivity contribution in [1.29, 1.82) is 0 Å². The highest BCUT2D eigenvalue weighted by molar-refractivity contribution is 5.95. The Labute approximate surface area is 112 Å². The molecule has 1 aromatic rings. The van der Waals surface area contributed by atoms with Crippen LogP contribution in [0.25, 0.3) is 6.08 Å². The van der Waals surface area contributed by atoms with Crippen LogP contribution in [-0.4, -0.2) is 32.3 Å². The fraction of sp³-hybridized carbons (Fsp3) is 0.462. The van der Waals surface area contributed by atoms with Crippen LogP contribution in [0.1, 0.15) is 32.4 Å². The van der Waals surface area contributed by atoms with Crippen molar-refractivity contribution in [3.8, 4) is 0 Å². The zero-order valence-corrected chi connectivity index (χ0v) is 11.4. The van der Waals surface area contributed by atoms with Crippen LogP contribution in [0.5, 0.6) is 0 Å². The summed E-state index contributed by atoms with van der Waals surface area (Å²) >= 11 is 0. The van der Waals surface area contributed by atoms with E-state index in [1.54, 1.807) is 43.9 Å². The molecule has 0 aliphatic rings. The number of nitrogens with zero attached hydrogens (tertiary/aromatic N) is 2. The maximum atomic E-state index is 11.8. The van der Waals surface area contributed by atoms with E-state index in [-0.39, 0.29) is 0 Å². The van der Waals surface area contributed by atoms with Gasteiger partial charge in [0.15, 0.2) is 0 Å². The van der Waals surface area contributed by atoms with E-state index in [0.717, 1.165) is 5.69 Å². The van der Waals surface area contributed by atoms with E-state index in [2.05, 4.69) is 10.4 Å². The third-order valence-electron chi connectivity index (χ3n) is 3.24. The molecule has 0 bridgehead atoms. The molecule has 1 heterocycles. The fourth-order valence-electron chi connectivity index (χ4n) is 1.77. The lowest BCUT2D eigenvalue weighted by atomic mass is 9.93. The Morgan fingerprint density at radius 1 is 1.47 bits per heavy atom. The molecule has 0 aliphatic carbocycles. The highest BCUT2D eigenvalue weighted by atomic mass is 16.4. The molecule has 0 aliphatic heterocycles. The van der Waals surface area contributed by atoms with Gasteiger partial charge >= 0.3 is 5.97 Å². The molecule has 1 rings (SSSR count). The topological polar surface area (TPSA) is 84.2 Å². The number of hydrogen-bond donors (Lipinski definition) is 2. The smallest absolute Gasteiger partial charge is 0.329 e. The maximum absolute atomic E-state index is 11.8. The number of carbonyl (C=O) groups is 2. The fourth-order valence-corrected chi connectivity index (χ4v) is 1.77. The number of nitrogens with one attached hydrogen (secondary N) is 1. The molecule has 0 atom stereocenters. The number of amides is 1. The summed E-state index contributed by atoms with van der Waals surface area (Å²) in [6.45, 7) is 3.48. The number of carbonyl (C=O) groups excluding carboxylic acids is 1. The summed E-state index contributed by atoms with van der Waals surface area (Å²) in [6.07, 6.45) is 5.21. The number of aromatic nitrogens is 2. The first-order valence-electron chi connectivity index (χ1n) is 6.16. The van der Waals surface area contributed by atoms with E-state index in [1.165, 1.54) is 6.08 Å². The molecule has 0 saturated carbocycles. The van der Waals surface area contributed by atoms with Crippen LogP contribution in [0.3, 0.4) is 0 Å². The quantitative estimate of drug-likeness (QED) is 0.757. The summed E-state index contributed by atoms with van der Waals surface area (Å²) in [5.74, 6) is -1.44. The van der Waals surface area contributed by atoms with Gasteiger partial charge in [-0.2, -0.15) is 5.10 Å². The van der Waals surface area contributed by atoms with Gasteiger partial charge < -0.3 is 10.4 Å². The summed E-state index contributed by atoms with van der Waals surface area (Å²) in [5, 5.41) is 15.7. The van der Waals surface area contributed by atoms with Gasteiger partial charge in [0, 0.05) is 19.3 Å². The number of hydrogen-bond acceptors (Lipinski definition) is 3. The van der Waals surface area contributed by atoms with Gasteiger partial charge in [-0.05, 0) is 25.0 Å². The van der Waals surface area contributed by atoms with Gasteiger partial charge in [0.05, 0.1) is 5.69 Å². The number of carboxylic acids is 1. The third kappa shape index (κ3) is 3.43. The maximum Gasteiger partial charge on any atom is 0.329 e. The molecule has 6 nitrogen and oxygen atoms in total. The lowest BCUT2D eigenvalue weighted by molar-refractivity contribution is -0.147. The highest BCUT2D eigenvalue weighted by Gasteiger charge is 2.35. The van der Waals surface area contributed by atoms with E-state index in [0.29, 0.717) is 12.8 Å². The first-order valence-corrected chi connectivity index (χ1v) is 6.16. The Bertz CT molecular complexity index is 487. The van der Waals surface area contributed by atoms with Gasteiger partial charge in [-0.1, -0.05) is 13.8 Å². The van der Waals surface area contributed by atoms with Crippen molar-refractivity contribution in [1.82, 2.24) is 15.1 Å². The number of aliphatic carboxylic acids is 1. The van der Waals surface area contributed by atoms with Crippen molar-refractivity contribution in [2.75, 3.05) is 0 Å². The Kier molecular flexibility index (Phi) is 4.86. The Morgan fingerprint density at radius 2 is 2.11 bits per heavy atom. The van der Waals surface area contributed by atoms with Gasteiger partial charge in [-0.25, -0.2) is 4.79 Å². The third-order valence-corrected chi connectivity index (χ3v) is 3.24. The zero-order valence-electron chi connectivity index (χ0n) is 11.4. The lowest BCUT2D eigenvalue weighted by Gasteiger charge is -2.27. The van der Waals surface area contributed by atoms with E-state index in [4.69, 9.17) is 0 Å². The minimum atomic E-state index is -1.20. The van der Waals surface area contributed by atoms with Crippen molar-refractivity contribution in [3.63, 3.8) is 0 Å². The van der Waals surface area contributed by atoms with Crippen molar-refractivity contribution in [3.05, 3.63) is 24.0 Å². The first-order chi connectivity index (χ1) is 8.95. The van der Waals surface area contributed by atoms with Gasteiger partial charge in [0.25, 0.3) is 0 Å². The average Bonchev–Trinajstić information content (AvgIpc) is 2.79. The highest BCUT2D eigenvalue weighted by Crippen LogP contribution is 2.15. The van der Waals surface area contributed by atoms with Crippen LogP contribution in [-0.2, 0) is 16.6 Å². The number of carboxylic acid groups (broad SMARTS) is 1. The molecule has 0 fully saturated rings. The standard InChI is InChI=1S/C13H19N3O3/c1-4-13(5-2,12(18)19)15-11(17)7-6-10-8-9-14-16(10)3/h6-9H,4-5H2,1-3H3,(H,15,17)(H,18,19). The first kappa shape index (κ1) is 14.9. The molecule has 104 valence electrons. The Balaban J connectivity index is 2.77. The molecule has 0 saturated heterocycles. The van der Waals surface area contributed by atoms with E-state index < -0.39 is 17.4 Å². The predicted octanol–water partition coefficient (Wildman–Crippen LogP) is 1.19. The van der Waals surface area contributed by atoms with Crippen molar-refractivity contribution in [2.24, 2.45) is 7.05 Å². The van der Waals surface area contributed by atoms with Crippen LogP contribution in [0.15, 0.2) is 18.3 Å². The van der Waals surface area contributed by atoms with Crippen molar-refractivity contribution in [2.45, 2.75) is 32.2 Å². The second kappa shape index (κ2) is 6.17. The Morgan fingerprint density at radius 3 is 2.53 bits per heavy atom. The largest absolute Gasteiger partial charge is 0.480 e. The van der Waals surface area contributed by atoms with Crippen LogP contribution in [0.4, 0.5) is 0 Å². The number of aryl methyl sites for hydroxylation is 1. The molecule has 0 radical (unpaired) electrons. The van der Waals surface area contributed by atoms with Crippen LogP contribution in [0.2, 0.25) is 0 Å². The van der Waals surface area contributed by atoms with E-state index in [1.807, 2.05) is 0 Å². The van der Waals surface area contributed by atoms with Crippen LogP contribution >= 0.6 is 0 Å². The van der Waals surface area contributed by atoms with Gasteiger partial charge in [-0.15, -0.1) is 0 Å².